The molecule has 1 aromatic rings. The summed E-state index contributed by atoms with van der Waals surface area (Å²) in [5.41, 5.74) is 11.2. The van der Waals surface area contributed by atoms with Crippen LogP contribution in [0.4, 0.5) is 10.1 Å². The molecule has 0 aromatic heterocycles. The number of hydrogen-bond acceptors (Lipinski definition) is 3. The number of anilines is 1. The zero-order valence-electron chi connectivity index (χ0n) is 10.4. The number of likely N-dealkylation sites (tertiary alicyclic amines) is 1. The van der Waals surface area contributed by atoms with Crippen molar-refractivity contribution in [3.05, 3.63) is 29.6 Å². The van der Waals surface area contributed by atoms with Gasteiger partial charge in [0.1, 0.15) is 5.82 Å². The number of nitrogen functional groups attached to an aromatic ring is 1. The van der Waals surface area contributed by atoms with Gasteiger partial charge < -0.3 is 16.4 Å². The Morgan fingerprint density at radius 2 is 1.84 bits per heavy atom. The van der Waals surface area contributed by atoms with Gasteiger partial charge in [0.05, 0.1) is 0 Å². The van der Waals surface area contributed by atoms with Crippen LogP contribution in [0.15, 0.2) is 18.2 Å². The molecule has 5 nitrogen and oxygen atoms in total. The fraction of sp³-hybridized carbons (Fsp3) is 0.385. The Labute approximate surface area is 110 Å². The first-order valence-electron chi connectivity index (χ1n) is 6.12. The third kappa shape index (κ3) is 3.01. The number of carbonyl (C=O) groups is 2. The molecule has 102 valence electrons. The van der Waals surface area contributed by atoms with Crippen LogP contribution in [0.25, 0.3) is 0 Å². The first-order valence-corrected chi connectivity index (χ1v) is 6.12. The molecule has 1 fully saturated rings. The largest absolute Gasteiger partial charge is 0.399 e. The summed E-state index contributed by atoms with van der Waals surface area (Å²) in [5, 5.41) is 0. The second-order valence-corrected chi connectivity index (χ2v) is 4.74. The second-order valence-electron chi connectivity index (χ2n) is 4.74. The summed E-state index contributed by atoms with van der Waals surface area (Å²) in [6.45, 7) is 0.895. The zero-order valence-corrected chi connectivity index (χ0v) is 10.4. The number of amides is 2. The van der Waals surface area contributed by atoms with E-state index in [-0.39, 0.29) is 29.0 Å². The minimum absolute atomic E-state index is 0.179. The fourth-order valence-corrected chi connectivity index (χ4v) is 2.29. The van der Waals surface area contributed by atoms with Crippen molar-refractivity contribution in [2.75, 3.05) is 18.8 Å². The van der Waals surface area contributed by atoms with Gasteiger partial charge in [0.15, 0.2) is 0 Å². The van der Waals surface area contributed by atoms with Crippen LogP contribution in [0.2, 0.25) is 0 Å². The summed E-state index contributed by atoms with van der Waals surface area (Å²) >= 11 is 0. The molecule has 0 radical (unpaired) electrons. The molecule has 1 aromatic carbocycles. The highest BCUT2D eigenvalue weighted by atomic mass is 19.1. The Morgan fingerprint density at radius 1 is 1.21 bits per heavy atom. The highest BCUT2D eigenvalue weighted by Gasteiger charge is 2.26. The van der Waals surface area contributed by atoms with Crippen molar-refractivity contribution in [1.29, 1.82) is 0 Å². The van der Waals surface area contributed by atoms with Crippen LogP contribution >= 0.6 is 0 Å². The molecule has 2 rings (SSSR count). The molecule has 2 amide bonds. The van der Waals surface area contributed by atoms with Gasteiger partial charge in [-0.05, 0) is 31.0 Å². The van der Waals surface area contributed by atoms with E-state index in [1.807, 2.05) is 0 Å². The van der Waals surface area contributed by atoms with Gasteiger partial charge in [0.2, 0.25) is 5.91 Å². The monoisotopic (exact) mass is 265 g/mol. The van der Waals surface area contributed by atoms with E-state index in [9.17, 15) is 14.0 Å². The van der Waals surface area contributed by atoms with Crippen molar-refractivity contribution in [2.24, 2.45) is 11.7 Å². The summed E-state index contributed by atoms with van der Waals surface area (Å²) in [7, 11) is 0. The van der Waals surface area contributed by atoms with Crippen molar-refractivity contribution in [1.82, 2.24) is 4.90 Å². The average molecular weight is 265 g/mol. The molecule has 1 heterocycles. The van der Waals surface area contributed by atoms with Gasteiger partial charge in [-0.25, -0.2) is 4.39 Å². The van der Waals surface area contributed by atoms with E-state index in [4.69, 9.17) is 11.5 Å². The predicted molar refractivity (Wildman–Crippen MR) is 68.6 cm³/mol. The van der Waals surface area contributed by atoms with Crippen LogP contribution in [0.3, 0.4) is 0 Å². The van der Waals surface area contributed by atoms with Crippen LogP contribution in [0, 0.1) is 11.7 Å². The minimum atomic E-state index is -0.532. The standard InChI is InChI=1S/C13H16FN3O2/c14-10-5-9(6-11(15)7-10)13(19)17-3-1-8(2-4-17)12(16)18/h5-8H,1-4,15H2,(H2,16,18). The van der Waals surface area contributed by atoms with Crippen LogP contribution in [0.5, 0.6) is 0 Å². The molecule has 0 unspecified atom stereocenters. The maximum Gasteiger partial charge on any atom is 0.254 e. The number of nitrogens with zero attached hydrogens (tertiary/aromatic N) is 1. The van der Waals surface area contributed by atoms with Crippen LogP contribution in [0.1, 0.15) is 23.2 Å². The summed E-state index contributed by atoms with van der Waals surface area (Å²) in [6.07, 6.45) is 1.09. The normalized spacial score (nSPS) is 16.4. The van der Waals surface area contributed by atoms with E-state index >= 15 is 0 Å². The lowest BCUT2D eigenvalue weighted by Crippen LogP contribution is -2.41. The minimum Gasteiger partial charge on any atom is -0.399 e. The highest BCUT2D eigenvalue weighted by Crippen LogP contribution is 2.20. The Bertz CT molecular complexity index is 490. The maximum atomic E-state index is 13.2. The smallest absolute Gasteiger partial charge is 0.254 e. The maximum absolute atomic E-state index is 13.2. The van der Waals surface area contributed by atoms with Crippen molar-refractivity contribution in [2.45, 2.75) is 12.8 Å². The van der Waals surface area contributed by atoms with Crippen molar-refractivity contribution >= 4 is 17.5 Å². The number of rotatable bonds is 2. The van der Waals surface area contributed by atoms with Crippen LogP contribution < -0.4 is 11.5 Å². The quantitative estimate of drug-likeness (QED) is 0.773. The lowest BCUT2D eigenvalue weighted by Gasteiger charge is -2.30. The number of nitrogens with two attached hydrogens (primary N) is 2. The molecule has 1 aliphatic heterocycles. The van der Waals surface area contributed by atoms with Crippen LogP contribution in [-0.2, 0) is 4.79 Å². The summed E-state index contributed by atoms with van der Waals surface area (Å²) < 4.78 is 13.2. The Morgan fingerprint density at radius 3 is 2.37 bits per heavy atom. The topological polar surface area (TPSA) is 89.4 Å². The zero-order chi connectivity index (χ0) is 14.0. The molecule has 4 N–H and O–H groups in total. The van der Waals surface area contributed by atoms with E-state index in [1.54, 1.807) is 4.90 Å². The highest BCUT2D eigenvalue weighted by molar-refractivity contribution is 5.95. The SMILES string of the molecule is NC(=O)C1CCN(C(=O)c2cc(N)cc(F)c2)CC1. The van der Waals surface area contributed by atoms with Gasteiger partial charge in [0, 0.05) is 30.3 Å². The van der Waals surface area contributed by atoms with Gasteiger partial charge in [0.25, 0.3) is 5.91 Å². The number of primary amides is 1. The Kier molecular flexibility index (Phi) is 3.69. The molecular formula is C13H16FN3O2. The van der Waals surface area contributed by atoms with E-state index < -0.39 is 5.82 Å². The van der Waals surface area contributed by atoms with Gasteiger partial charge >= 0.3 is 0 Å². The van der Waals surface area contributed by atoms with Gasteiger partial charge in [-0.3, -0.25) is 9.59 Å². The van der Waals surface area contributed by atoms with Crippen molar-refractivity contribution in [3.8, 4) is 0 Å². The molecule has 0 bridgehead atoms. The van der Waals surface area contributed by atoms with Crippen molar-refractivity contribution in [3.63, 3.8) is 0 Å². The molecule has 0 aliphatic carbocycles. The number of halogens is 1. The molecule has 1 aliphatic rings. The summed E-state index contributed by atoms with van der Waals surface area (Å²) in [5.74, 6) is -1.31. The number of hydrogen-bond donors (Lipinski definition) is 2. The molecule has 6 heteroatoms. The second kappa shape index (κ2) is 5.26. The third-order valence-corrected chi connectivity index (χ3v) is 3.35. The Hall–Kier alpha value is -2.11. The molecule has 1 saturated heterocycles. The first-order chi connectivity index (χ1) is 8.97. The van der Waals surface area contributed by atoms with Gasteiger partial charge in [-0.2, -0.15) is 0 Å². The van der Waals surface area contributed by atoms with Gasteiger partial charge in [-0.15, -0.1) is 0 Å². The molecule has 19 heavy (non-hydrogen) atoms. The number of piperidine rings is 1. The van der Waals surface area contributed by atoms with E-state index in [2.05, 4.69) is 0 Å². The first kappa shape index (κ1) is 13.3. The molecule has 0 spiro atoms. The summed E-state index contributed by atoms with van der Waals surface area (Å²) in [6, 6.07) is 3.78. The number of benzene rings is 1. The predicted octanol–water partition coefficient (Wildman–Crippen LogP) is 0.745. The van der Waals surface area contributed by atoms with Gasteiger partial charge in [-0.1, -0.05) is 0 Å². The summed E-state index contributed by atoms with van der Waals surface area (Å²) in [4.78, 5) is 24.8. The lowest BCUT2D eigenvalue weighted by atomic mass is 9.96. The lowest BCUT2D eigenvalue weighted by molar-refractivity contribution is -0.123. The Balaban J connectivity index is 2.07. The fourth-order valence-electron chi connectivity index (χ4n) is 2.29. The van der Waals surface area contributed by atoms with E-state index in [1.165, 1.54) is 12.1 Å². The van der Waals surface area contributed by atoms with Crippen LogP contribution in [-0.4, -0.2) is 29.8 Å². The molecule has 0 atom stereocenters. The average Bonchev–Trinajstić information content (AvgIpc) is 2.37. The van der Waals surface area contributed by atoms with Crippen molar-refractivity contribution < 1.29 is 14.0 Å². The molecule has 0 saturated carbocycles. The van der Waals surface area contributed by atoms with E-state index in [0.29, 0.717) is 25.9 Å². The molecular weight excluding hydrogens is 249 g/mol. The number of carbonyl (C=O) groups excluding carboxylic acids is 2. The third-order valence-electron chi connectivity index (χ3n) is 3.35. The van der Waals surface area contributed by atoms with E-state index in [0.717, 1.165) is 6.07 Å².